The normalized spacial score (nSPS) is 10.9. The van der Waals surface area contributed by atoms with E-state index in [-0.39, 0.29) is 5.56 Å². The third-order valence-electron chi connectivity index (χ3n) is 3.79. The summed E-state index contributed by atoms with van der Waals surface area (Å²) in [6, 6.07) is 9.42. The summed E-state index contributed by atoms with van der Waals surface area (Å²) in [6.45, 7) is 3.22. The van der Waals surface area contributed by atoms with Crippen LogP contribution in [0.5, 0.6) is 11.5 Å². The molecule has 24 heavy (non-hydrogen) atoms. The Bertz CT molecular complexity index is 868. The maximum absolute atomic E-state index is 12.5. The lowest BCUT2D eigenvalue weighted by Gasteiger charge is -2.08. The van der Waals surface area contributed by atoms with Crippen molar-refractivity contribution in [3.8, 4) is 11.5 Å². The van der Waals surface area contributed by atoms with E-state index in [1.165, 1.54) is 4.88 Å². The Hall–Kier alpha value is -2.34. The number of hydrogen-bond donors (Lipinski definition) is 0. The fraction of sp³-hybridized carbons (Fsp3) is 0.333. The summed E-state index contributed by atoms with van der Waals surface area (Å²) in [4.78, 5) is 18.9. The van der Waals surface area contributed by atoms with Crippen molar-refractivity contribution in [2.75, 3.05) is 13.7 Å². The molecule has 0 aliphatic carbocycles. The van der Waals surface area contributed by atoms with Gasteiger partial charge in [0.25, 0.3) is 5.56 Å². The SMILES string of the molecule is CCc1cc2c(=O)n(CCCOc3ccc(OC)cc3)cnc2s1. The summed E-state index contributed by atoms with van der Waals surface area (Å²) < 4.78 is 12.5. The predicted molar refractivity (Wildman–Crippen MR) is 96.4 cm³/mol. The minimum Gasteiger partial charge on any atom is -0.497 e. The second-order valence-corrected chi connectivity index (χ2v) is 6.52. The van der Waals surface area contributed by atoms with E-state index in [1.807, 2.05) is 30.3 Å². The van der Waals surface area contributed by atoms with E-state index in [2.05, 4.69) is 11.9 Å². The van der Waals surface area contributed by atoms with Crippen molar-refractivity contribution >= 4 is 21.6 Å². The van der Waals surface area contributed by atoms with Gasteiger partial charge in [0.1, 0.15) is 16.3 Å². The van der Waals surface area contributed by atoms with Gasteiger partial charge in [-0.05, 0) is 43.2 Å². The van der Waals surface area contributed by atoms with Crippen molar-refractivity contribution in [2.24, 2.45) is 0 Å². The number of nitrogens with zero attached hydrogens (tertiary/aromatic N) is 2. The fourth-order valence-electron chi connectivity index (χ4n) is 2.44. The van der Waals surface area contributed by atoms with E-state index in [0.29, 0.717) is 13.2 Å². The molecular weight excluding hydrogens is 324 g/mol. The third-order valence-corrected chi connectivity index (χ3v) is 4.98. The Morgan fingerprint density at radius 1 is 1.21 bits per heavy atom. The molecule has 0 saturated carbocycles. The third kappa shape index (κ3) is 3.59. The van der Waals surface area contributed by atoms with Crippen molar-refractivity contribution < 1.29 is 9.47 Å². The van der Waals surface area contributed by atoms with E-state index in [1.54, 1.807) is 29.3 Å². The van der Waals surface area contributed by atoms with Gasteiger partial charge in [-0.2, -0.15) is 0 Å². The second kappa shape index (κ2) is 7.49. The molecule has 0 spiro atoms. The summed E-state index contributed by atoms with van der Waals surface area (Å²) >= 11 is 1.59. The molecule has 0 unspecified atom stereocenters. The number of aryl methyl sites for hydroxylation is 2. The van der Waals surface area contributed by atoms with Crippen LogP contribution >= 0.6 is 11.3 Å². The topological polar surface area (TPSA) is 53.4 Å². The summed E-state index contributed by atoms with van der Waals surface area (Å²) in [5.74, 6) is 1.60. The zero-order valence-corrected chi connectivity index (χ0v) is 14.6. The summed E-state index contributed by atoms with van der Waals surface area (Å²) in [5.41, 5.74) is 0.0281. The van der Waals surface area contributed by atoms with E-state index in [9.17, 15) is 4.79 Å². The number of ether oxygens (including phenoxy) is 2. The Balaban J connectivity index is 1.59. The van der Waals surface area contributed by atoms with Crippen LogP contribution < -0.4 is 15.0 Å². The van der Waals surface area contributed by atoms with Crippen molar-refractivity contribution in [1.29, 1.82) is 0 Å². The Labute approximate surface area is 144 Å². The van der Waals surface area contributed by atoms with Crippen molar-refractivity contribution in [3.05, 3.63) is 51.9 Å². The van der Waals surface area contributed by atoms with Gasteiger partial charge in [0.05, 0.1) is 25.4 Å². The molecule has 0 N–H and O–H groups in total. The molecular formula is C18H20N2O3S. The Kier molecular flexibility index (Phi) is 5.15. The number of aromatic nitrogens is 2. The quantitative estimate of drug-likeness (QED) is 0.616. The molecule has 0 aliphatic heterocycles. The lowest BCUT2D eigenvalue weighted by Crippen LogP contribution is -2.21. The van der Waals surface area contributed by atoms with Crippen LogP contribution in [0, 0.1) is 0 Å². The lowest BCUT2D eigenvalue weighted by atomic mass is 10.3. The van der Waals surface area contributed by atoms with Gasteiger partial charge in [0.15, 0.2) is 0 Å². The zero-order valence-electron chi connectivity index (χ0n) is 13.8. The maximum Gasteiger partial charge on any atom is 0.262 e. The smallest absolute Gasteiger partial charge is 0.262 e. The number of fused-ring (bicyclic) bond motifs is 1. The summed E-state index contributed by atoms with van der Waals surface area (Å²) in [7, 11) is 1.63. The highest BCUT2D eigenvalue weighted by atomic mass is 32.1. The molecule has 0 radical (unpaired) electrons. The van der Waals surface area contributed by atoms with Crippen molar-refractivity contribution in [3.63, 3.8) is 0 Å². The van der Waals surface area contributed by atoms with Crippen LogP contribution in [0.15, 0.2) is 41.5 Å². The first-order valence-corrected chi connectivity index (χ1v) is 8.77. The molecule has 1 aromatic carbocycles. The number of hydrogen-bond acceptors (Lipinski definition) is 5. The minimum atomic E-state index is 0.0281. The van der Waals surface area contributed by atoms with E-state index in [4.69, 9.17) is 9.47 Å². The predicted octanol–water partition coefficient (Wildman–Crippen LogP) is 3.50. The maximum atomic E-state index is 12.5. The number of methoxy groups -OCH3 is 1. The van der Waals surface area contributed by atoms with Gasteiger partial charge in [-0.25, -0.2) is 4.98 Å². The summed E-state index contributed by atoms with van der Waals surface area (Å²) in [6.07, 6.45) is 3.30. The van der Waals surface area contributed by atoms with Crippen LogP contribution in [0.25, 0.3) is 10.2 Å². The number of thiophene rings is 1. The number of benzene rings is 1. The molecule has 0 aliphatic rings. The molecule has 2 aromatic heterocycles. The van der Waals surface area contributed by atoms with E-state index < -0.39 is 0 Å². The fourth-order valence-corrected chi connectivity index (χ4v) is 3.37. The molecule has 2 heterocycles. The first kappa shape index (κ1) is 16.5. The number of rotatable bonds is 7. The van der Waals surface area contributed by atoms with Crippen LogP contribution in [0.1, 0.15) is 18.2 Å². The van der Waals surface area contributed by atoms with Gasteiger partial charge in [0.2, 0.25) is 0 Å². The van der Waals surface area contributed by atoms with Crippen molar-refractivity contribution in [1.82, 2.24) is 9.55 Å². The van der Waals surface area contributed by atoms with Gasteiger partial charge in [-0.3, -0.25) is 9.36 Å². The molecule has 0 saturated heterocycles. The van der Waals surface area contributed by atoms with Crippen molar-refractivity contribution in [2.45, 2.75) is 26.3 Å². The van der Waals surface area contributed by atoms with Gasteiger partial charge in [0, 0.05) is 11.4 Å². The molecule has 0 fully saturated rings. The summed E-state index contributed by atoms with van der Waals surface area (Å²) in [5, 5.41) is 0.718. The van der Waals surface area contributed by atoms with Gasteiger partial charge >= 0.3 is 0 Å². The van der Waals surface area contributed by atoms with Gasteiger partial charge in [-0.15, -0.1) is 11.3 Å². The second-order valence-electron chi connectivity index (χ2n) is 5.41. The Morgan fingerprint density at radius 3 is 2.67 bits per heavy atom. The van der Waals surface area contributed by atoms with Crippen LogP contribution in [0.2, 0.25) is 0 Å². The molecule has 3 aromatic rings. The molecule has 0 amide bonds. The van der Waals surface area contributed by atoms with Gasteiger partial charge in [-0.1, -0.05) is 6.92 Å². The average Bonchev–Trinajstić information content (AvgIpc) is 3.05. The molecule has 3 rings (SSSR count). The molecule has 6 heteroatoms. The zero-order chi connectivity index (χ0) is 16.9. The van der Waals surface area contributed by atoms with Crippen LogP contribution in [-0.4, -0.2) is 23.3 Å². The highest BCUT2D eigenvalue weighted by Crippen LogP contribution is 2.21. The monoisotopic (exact) mass is 344 g/mol. The first-order chi connectivity index (χ1) is 11.7. The average molecular weight is 344 g/mol. The first-order valence-electron chi connectivity index (χ1n) is 7.96. The van der Waals surface area contributed by atoms with Crippen LogP contribution in [0.4, 0.5) is 0 Å². The highest BCUT2D eigenvalue weighted by molar-refractivity contribution is 7.18. The molecule has 0 bridgehead atoms. The lowest BCUT2D eigenvalue weighted by molar-refractivity contribution is 0.300. The minimum absolute atomic E-state index is 0.0281. The van der Waals surface area contributed by atoms with Crippen LogP contribution in [-0.2, 0) is 13.0 Å². The molecule has 0 atom stereocenters. The molecule has 126 valence electrons. The van der Waals surface area contributed by atoms with Crippen LogP contribution in [0.3, 0.4) is 0 Å². The van der Waals surface area contributed by atoms with E-state index >= 15 is 0 Å². The highest BCUT2D eigenvalue weighted by Gasteiger charge is 2.08. The molecule has 5 nitrogen and oxygen atoms in total. The largest absolute Gasteiger partial charge is 0.497 e. The Morgan fingerprint density at radius 2 is 1.96 bits per heavy atom. The van der Waals surface area contributed by atoms with Gasteiger partial charge < -0.3 is 9.47 Å². The standard InChI is InChI=1S/C18H20N2O3S/c1-3-15-11-16-17(24-15)19-12-20(18(16)21)9-4-10-23-14-7-5-13(22-2)6-8-14/h5-8,11-12H,3-4,9-10H2,1-2H3. The van der Waals surface area contributed by atoms with E-state index in [0.717, 1.165) is 34.6 Å².